The van der Waals surface area contributed by atoms with Crippen LogP contribution in [-0.2, 0) is 9.53 Å². The van der Waals surface area contributed by atoms with Gasteiger partial charge in [0, 0.05) is 6.42 Å². The van der Waals surface area contributed by atoms with E-state index in [-0.39, 0.29) is 12.1 Å². The lowest BCUT2D eigenvalue weighted by Gasteiger charge is -2.01. The molecule has 0 aliphatic rings. The lowest BCUT2D eigenvalue weighted by atomic mass is 10.1. The summed E-state index contributed by atoms with van der Waals surface area (Å²) in [5.74, 6) is -0.0752. The molecule has 0 spiro atoms. The van der Waals surface area contributed by atoms with Crippen molar-refractivity contribution in [1.29, 1.82) is 0 Å². The molecule has 3 nitrogen and oxygen atoms in total. The van der Waals surface area contributed by atoms with Crippen molar-refractivity contribution in [2.45, 2.75) is 71.3 Å². The number of carbonyl (C=O) groups excluding carboxylic acids is 1. The Morgan fingerprint density at radius 3 is 2.55 bits per heavy atom. The third-order valence-corrected chi connectivity index (χ3v) is 3.25. The number of hydrogen-bond donors (Lipinski definition) is 1. The van der Waals surface area contributed by atoms with Crippen LogP contribution in [0.15, 0.2) is 36.5 Å². The second kappa shape index (κ2) is 16.0. The number of aliphatic hydroxyl groups is 1. The third-order valence-electron chi connectivity index (χ3n) is 3.25. The third kappa shape index (κ3) is 15.0. The van der Waals surface area contributed by atoms with E-state index in [9.17, 15) is 9.90 Å². The summed E-state index contributed by atoms with van der Waals surface area (Å²) >= 11 is 0. The molecule has 22 heavy (non-hydrogen) atoms. The Morgan fingerprint density at radius 1 is 1.09 bits per heavy atom. The van der Waals surface area contributed by atoms with Gasteiger partial charge in [-0.05, 0) is 39.5 Å². The van der Waals surface area contributed by atoms with Gasteiger partial charge >= 0.3 is 5.97 Å². The fraction of sp³-hybridized carbons (Fsp3) is 0.632. The molecule has 0 amide bonds. The van der Waals surface area contributed by atoms with E-state index in [2.05, 4.69) is 6.08 Å². The quantitative estimate of drug-likeness (QED) is 0.232. The molecule has 0 aromatic rings. The number of rotatable bonds is 13. The lowest BCUT2D eigenvalue weighted by Crippen LogP contribution is -2.03. The smallest absolute Gasteiger partial charge is 0.305 e. The van der Waals surface area contributed by atoms with Crippen LogP contribution in [0.2, 0.25) is 0 Å². The predicted octanol–water partition coefficient (Wildman–Crippen LogP) is 4.72. The monoisotopic (exact) mass is 308 g/mol. The van der Waals surface area contributed by atoms with Crippen LogP contribution in [0.5, 0.6) is 0 Å². The Kier molecular flexibility index (Phi) is 15.0. The van der Waals surface area contributed by atoms with Crippen molar-refractivity contribution >= 4 is 5.97 Å². The van der Waals surface area contributed by atoms with Gasteiger partial charge in [-0.2, -0.15) is 0 Å². The zero-order valence-corrected chi connectivity index (χ0v) is 14.2. The predicted molar refractivity (Wildman–Crippen MR) is 92.7 cm³/mol. The summed E-state index contributed by atoms with van der Waals surface area (Å²) in [5.41, 5.74) is 0. The molecule has 0 aromatic carbocycles. The van der Waals surface area contributed by atoms with Gasteiger partial charge in [0.25, 0.3) is 0 Å². The van der Waals surface area contributed by atoms with Gasteiger partial charge in [-0.3, -0.25) is 4.79 Å². The van der Waals surface area contributed by atoms with E-state index in [0.717, 1.165) is 19.3 Å². The molecule has 126 valence electrons. The van der Waals surface area contributed by atoms with Gasteiger partial charge in [0.2, 0.25) is 0 Å². The average Bonchev–Trinajstić information content (AvgIpc) is 2.50. The maximum absolute atomic E-state index is 11.1. The van der Waals surface area contributed by atoms with E-state index in [4.69, 9.17) is 4.74 Å². The number of ether oxygens (including phenoxy) is 1. The van der Waals surface area contributed by atoms with E-state index in [1.807, 2.05) is 44.2 Å². The summed E-state index contributed by atoms with van der Waals surface area (Å²) in [6.07, 6.45) is 19.2. The number of unbranched alkanes of at least 4 members (excludes halogenated alkanes) is 5. The fourth-order valence-corrected chi connectivity index (χ4v) is 2.02. The highest BCUT2D eigenvalue weighted by Crippen LogP contribution is 2.08. The van der Waals surface area contributed by atoms with Crippen LogP contribution < -0.4 is 0 Å². The van der Waals surface area contributed by atoms with Crippen LogP contribution in [0.1, 0.15) is 65.2 Å². The van der Waals surface area contributed by atoms with Gasteiger partial charge in [-0.15, -0.1) is 0 Å². The molecule has 0 heterocycles. The van der Waals surface area contributed by atoms with Gasteiger partial charge in [-0.1, -0.05) is 55.7 Å². The van der Waals surface area contributed by atoms with E-state index < -0.39 is 0 Å². The highest BCUT2D eigenvalue weighted by Gasteiger charge is 2.00. The molecular weight excluding hydrogens is 276 g/mol. The van der Waals surface area contributed by atoms with Crippen LogP contribution in [0.4, 0.5) is 0 Å². The summed E-state index contributed by atoms with van der Waals surface area (Å²) in [4.78, 5) is 11.1. The minimum Gasteiger partial charge on any atom is -0.466 e. The van der Waals surface area contributed by atoms with Gasteiger partial charge in [0.15, 0.2) is 0 Å². The Bertz CT molecular complexity index is 343. The summed E-state index contributed by atoms with van der Waals surface area (Å²) in [5, 5.41) is 9.57. The second-order valence-corrected chi connectivity index (χ2v) is 5.30. The molecule has 1 unspecified atom stereocenters. The minimum atomic E-state index is -0.389. The van der Waals surface area contributed by atoms with Crippen LogP contribution in [0.25, 0.3) is 0 Å². The molecule has 0 bridgehead atoms. The SMILES string of the molecule is CC=CCC(O)C=CC=CCCCCCCCC(=O)OCC. The van der Waals surface area contributed by atoms with Crippen molar-refractivity contribution < 1.29 is 14.6 Å². The van der Waals surface area contributed by atoms with Gasteiger partial charge in [0.1, 0.15) is 0 Å². The lowest BCUT2D eigenvalue weighted by molar-refractivity contribution is -0.143. The summed E-state index contributed by atoms with van der Waals surface area (Å²) in [7, 11) is 0. The molecule has 0 fully saturated rings. The Labute approximate surface area is 135 Å². The molecule has 1 atom stereocenters. The van der Waals surface area contributed by atoms with E-state index in [0.29, 0.717) is 19.4 Å². The van der Waals surface area contributed by atoms with Crippen LogP contribution >= 0.6 is 0 Å². The zero-order valence-electron chi connectivity index (χ0n) is 14.2. The molecule has 1 N–H and O–H groups in total. The van der Waals surface area contributed by atoms with Crippen LogP contribution in [0.3, 0.4) is 0 Å². The molecular formula is C19H32O3. The first-order valence-electron chi connectivity index (χ1n) is 8.48. The number of aliphatic hydroxyl groups excluding tert-OH is 1. The van der Waals surface area contributed by atoms with Crippen LogP contribution in [-0.4, -0.2) is 23.8 Å². The standard InChI is InChI=1S/C19H32O3/c1-3-5-15-18(20)16-13-11-9-7-6-8-10-12-14-17-19(21)22-4-2/h3,5,9,11,13,16,18,20H,4,6-8,10,12,14-15,17H2,1-2H3. The molecule has 0 radical (unpaired) electrons. The average molecular weight is 308 g/mol. The van der Waals surface area contributed by atoms with Crippen molar-refractivity contribution in [3.05, 3.63) is 36.5 Å². The Morgan fingerprint density at radius 2 is 1.82 bits per heavy atom. The summed E-state index contributed by atoms with van der Waals surface area (Å²) < 4.78 is 4.89. The first-order valence-corrected chi connectivity index (χ1v) is 8.48. The maximum atomic E-state index is 11.1. The first kappa shape index (κ1) is 20.6. The largest absolute Gasteiger partial charge is 0.466 e. The minimum absolute atomic E-state index is 0.0752. The molecule has 0 saturated carbocycles. The topological polar surface area (TPSA) is 46.5 Å². The van der Waals surface area contributed by atoms with Crippen molar-refractivity contribution in [3.8, 4) is 0 Å². The molecule has 0 aromatic heterocycles. The van der Waals surface area contributed by atoms with Crippen molar-refractivity contribution in [2.24, 2.45) is 0 Å². The Hall–Kier alpha value is -1.35. The van der Waals surface area contributed by atoms with Crippen molar-refractivity contribution in [3.63, 3.8) is 0 Å². The van der Waals surface area contributed by atoms with Gasteiger partial charge < -0.3 is 9.84 Å². The normalized spacial score (nSPS) is 13.4. The highest BCUT2D eigenvalue weighted by atomic mass is 16.5. The highest BCUT2D eigenvalue weighted by molar-refractivity contribution is 5.69. The Balaban J connectivity index is 3.40. The van der Waals surface area contributed by atoms with Crippen LogP contribution in [0, 0.1) is 0 Å². The molecule has 0 saturated heterocycles. The maximum Gasteiger partial charge on any atom is 0.305 e. The zero-order chi connectivity index (χ0) is 16.5. The van der Waals surface area contributed by atoms with Gasteiger partial charge in [0.05, 0.1) is 12.7 Å². The number of esters is 1. The first-order chi connectivity index (χ1) is 10.7. The number of hydrogen-bond acceptors (Lipinski definition) is 3. The fourth-order valence-electron chi connectivity index (χ4n) is 2.02. The molecule has 3 heteroatoms. The second-order valence-electron chi connectivity index (χ2n) is 5.30. The number of carbonyl (C=O) groups is 1. The van der Waals surface area contributed by atoms with E-state index in [1.165, 1.54) is 19.3 Å². The van der Waals surface area contributed by atoms with E-state index >= 15 is 0 Å². The van der Waals surface area contributed by atoms with E-state index in [1.54, 1.807) is 0 Å². The molecule has 0 aliphatic heterocycles. The van der Waals surface area contributed by atoms with Gasteiger partial charge in [-0.25, -0.2) is 0 Å². The van der Waals surface area contributed by atoms with Crippen molar-refractivity contribution in [2.75, 3.05) is 6.61 Å². The summed E-state index contributed by atoms with van der Waals surface area (Å²) in [6.45, 7) is 4.27. The molecule has 0 rings (SSSR count). The molecule has 0 aliphatic carbocycles. The van der Waals surface area contributed by atoms with Crippen molar-refractivity contribution in [1.82, 2.24) is 0 Å². The summed E-state index contributed by atoms with van der Waals surface area (Å²) in [6, 6.07) is 0. The number of allylic oxidation sites excluding steroid dienone is 4.